The van der Waals surface area contributed by atoms with Crippen LogP contribution in [0.25, 0.3) is 10.8 Å². The lowest BCUT2D eigenvalue weighted by Crippen LogP contribution is -2.39. The predicted molar refractivity (Wildman–Crippen MR) is 87.7 cm³/mol. The Balaban J connectivity index is 1.72. The molecule has 0 aromatic carbocycles. The number of hydrogen-bond acceptors (Lipinski definition) is 7. The zero-order chi connectivity index (χ0) is 16.9. The summed E-state index contributed by atoms with van der Waals surface area (Å²) >= 11 is 1.44. The zero-order valence-corrected chi connectivity index (χ0v) is 13.7. The third-order valence-corrected chi connectivity index (χ3v) is 4.21. The molecular weight excluding hydrogens is 330 g/mol. The summed E-state index contributed by atoms with van der Waals surface area (Å²) < 4.78 is 6.39. The topological polar surface area (TPSA) is 103 Å². The van der Waals surface area contributed by atoms with Gasteiger partial charge in [0.15, 0.2) is 0 Å². The Bertz CT molecular complexity index is 857. The molecule has 0 aliphatic heterocycles. The molecule has 3 rings (SSSR count). The molecule has 1 N–H and O–H groups in total. The Morgan fingerprint density at radius 1 is 1.46 bits per heavy atom. The van der Waals surface area contributed by atoms with E-state index >= 15 is 0 Å². The van der Waals surface area contributed by atoms with Crippen molar-refractivity contribution in [1.82, 2.24) is 25.1 Å². The molecule has 0 unspecified atom stereocenters. The van der Waals surface area contributed by atoms with E-state index in [-0.39, 0.29) is 30.1 Å². The van der Waals surface area contributed by atoms with Crippen LogP contribution in [-0.4, -0.2) is 31.7 Å². The van der Waals surface area contributed by atoms with E-state index in [1.807, 2.05) is 24.4 Å². The van der Waals surface area contributed by atoms with Crippen molar-refractivity contribution in [2.75, 3.05) is 0 Å². The molecule has 0 aliphatic carbocycles. The summed E-state index contributed by atoms with van der Waals surface area (Å²) in [5.41, 5.74) is 0.225. The summed E-state index contributed by atoms with van der Waals surface area (Å²) in [6, 6.07) is 3.40. The van der Waals surface area contributed by atoms with Gasteiger partial charge in [0.1, 0.15) is 5.69 Å². The van der Waals surface area contributed by atoms with Crippen LogP contribution >= 0.6 is 11.3 Å². The van der Waals surface area contributed by atoms with E-state index in [9.17, 15) is 9.59 Å². The van der Waals surface area contributed by atoms with Crippen molar-refractivity contribution in [2.24, 2.45) is 0 Å². The van der Waals surface area contributed by atoms with Gasteiger partial charge in [0.05, 0.1) is 17.6 Å². The van der Waals surface area contributed by atoms with Crippen molar-refractivity contribution in [1.29, 1.82) is 0 Å². The number of thiophene rings is 1. The van der Waals surface area contributed by atoms with E-state index in [0.29, 0.717) is 6.42 Å². The van der Waals surface area contributed by atoms with E-state index in [0.717, 1.165) is 4.88 Å². The second-order valence-electron chi connectivity index (χ2n) is 5.00. The zero-order valence-electron chi connectivity index (χ0n) is 12.9. The first-order valence-electron chi connectivity index (χ1n) is 7.36. The standard InChI is InChI=1S/C15H15N5O3S/c1-2-10(18-13(21)11-8-16-5-6-17-11)9-20-15(22)23-14(19-20)12-4-3-7-24-12/h3-8,10H,2,9H2,1H3,(H,18,21)/t10-/m0/s1. The van der Waals surface area contributed by atoms with Crippen LogP contribution in [0.2, 0.25) is 0 Å². The van der Waals surface area contributed by atoms with E-state index < -0.39 is 5.76 Å². The molecule has 1 amide bonds. The number of carbonyl (C=O) groups excluding carboxylic acids is 1. The number of carbonyl (C=O) groups is 1. The quantitative estimate of drug-likeness (QED) is 0.727. The van der Waals surface area contributed by atoms with Crippen LogP contribution in [0.15, 0.2) is 45.3 Å². The van der Waals surface area contributed by atoms with Gasteiger partial charge in [-0.3, -0.25) is 9.78 Å². The van der Waals surface area contributed by atoms with E-state index in [1.54, 1.807) is 0 Å². The molecule has 9 heteroatoms. The van der Waals surface area contributed by atoms with Crippen LogP contribution < -0.4 is 11.1 Å². The Hall–Kier alpha value is -2.81. The molecule has 0 radical (unpaired) electrons. The van der Waals surface area contributed by atoms with Gasteiger partial charge < -0.3 is 9.73 Å². The minimum absolute atomic E-state index is 0.218. The Morgan fingerprint density at radius 3 is 3.00 bits per heavy atom. The van der Waals surface area contributed by atoms with Crippen molar-refractivity contribution in [2.45, 2.75) is 25.9 Å². The summed E-state index contributed by atoms with van der Waals surface area (Å²) in [7, 11) is 0. The molecule has 3 aromatic rings. The van der Waals surface area contributed by atoms with Crippen LogP contribution in [-0.2, 0) is 6.54 Å². The smallest absolute Gasteiger partial charge is 0.387 e. The Kier molecular flexibility index (Phi) is 4.80. The Labute approximate surface area is 141 Å². The van der Waals surface area contributed by atoms with E-state index in [1.165, 1.54) is 34.6 Å². The van der Waals surface area contributed by atoms with Gasteiger partial charge in [0, 0.05) is 18.4 Å². The number of amides is 1. The Morgan fingerprint density at radius 2 is 2.33 bits per heavy atom. The molecule has 0 saturated carbocycles. The molecule has 3 heterocycles. The highest BCUT2D eigenvalue weighted by Crippen LogP contribution is 2.21. The van der Waals surface area contributed by atoms with Crippen molar-refractivity contribution < 1.29 is 9.21 Å². The molecule has 8 nitrogen and oxygen atoms in total. The van der Waals surface area contributed by atoms with Crippen molar-refractivity contribution in [3.05, 3.63) is 52.3 Å². The first kappa shape index (κ1) is 16.1. The molecule has 0 bridgehead atoms. The van der Waals surface area contributed by atoms with Gasteiger partial charge in [-0.2, -0.15) is 4.68 Å². The third-order valence-electron chi connectivity index (χ3n) is 3.36. The summed E-state index contributed by atoms with van der Waals surface area (Å²) in [5, 5.41) is 8.89. The summed E-state index contributed by atoms with van der Waals surface area (Å²) in [6.07, 6.45) is 4.96. The fraction of sp³-hybridized carbons (Fsp3) is 0.267. The third kappa shape index (κ3) is 3.57. The van der Waals surface area contributed by atoms with Crippen LogP contribution in [0.4, 0.5) is 0 Å². The maximum atomic E-state index is 12.1. The maximum absolute atomic E-state index is 12.1. The number of aromatic nitrogens is 4. The predicted octanol–water partition coefficient (Wildman–Crippen LogP) is 1.56. The first-order chi connectivity index (χ1) is 11.7. The number of nitrogens with zero attached hydrogens (tertiary/aromatic N) is 4. The second-order valence-corrected chi connectivity index (χ2v) is 5.95. The summed E-state index contributed by atoms with van der Waals surface area (Å²) in [4.78, 5) is 32.7. The first-order valence-corrected chi connectivity index (χ1v) is 8.24. The lowest BCUT2D eigenvalue weighted by atomic mass is 10.2. The van der Waals surface area contributed by atoms with Crippen LogP contribution in [0.1, 0.15) is 23.8 Å². The molecule has 0 fully saturated rings. The highest BCUT2D eigenvalue weighted by molar-refractivity contribution is 7.13. The molecule has 0 aliphatic rings. The van der Waals surface area contributed by atoms with E-state index in [2.05, 4.69) is 20.4 Å². The van der Waals surface area contributed by atoms with Crippen molar-refractivity contribution in [3.8, 4) is 10.8 Å². The van der Waals surface area contributed by atoms with Gasteiger partial charge in [-0.05, 0) is 17.9 Å². The number of rotatable bonds is 6. The second kappa shape index (κ2) is 7.18. The van der Waals surface area contributed by atoms with Gasteiger partial charge in [-0.15, -0.1) is 16.4 Å². The van der Waals surface area contributed by atoms with Crippen LogP contribution in [0.5, 0.6) is 0 Å². The van der Waals surface area contributed by atoms with Crippen molar-refractivity contribution >= 4 is 17.2 Å². The molecule has 124 valence electrons. The number of hydrogen-bond donors (Lipinski definition) is 1. The summed E-state index contributed by atoms with van der Waals surface area (Å²) in [5.74, 6) is -0.610. The lowest BCUT2D eigenvalue weighted by Gasteiger charge is -2.15. The largest absolute Gasteiger partial charge is 0.437 e. The average molecular weight is 345 g/mol. The van der Waals surface area contributed by atoms with Gasteiger partial charge in [0.2, 0.25) is 0 Å². The maximum Gasteiger partial charge on any atom is 0.437 e. The molecular formula is C15H15N5O3S. The molecule has 0 spiro atoms. The number of nitrogens with one attached hydrogen (secondary N) is 1. The fourth-order valence-corrected chi connectivity index (χ4v) is 2.73. The van der Waals surface area contributed by atoms with Gasteiger partial charge in [0.25, 0.3) is 11.8 Å². The monoisotopic (exact) mass is 345 g/mol. The molecule has 24 heavy (non-hydrogen) atoms. The van der Waals surface area contributed by atoms with Gasteiger partial charge >= 0.3 is 5.76 Å². The van der Waals surface area contributed by atoms with Crippen LogP contribution in [0, 0.1) is 0 Å². The normalized spacial score (nSPS) is 12.0. The van der Waals surface area contributed by atoms with Gasteiger partial charge in [-0.25, -0.2) is 9.78 Å². The highest BCUT2D eigenvalue weighted by Gasteiger charge is 2.18. The lowest BCUT2D eigenvalue weighted by molar-refractivity contribution is 0.0925. The molecule has 1 atom stereocenters. The minimum atomic E-state index is -0.550. The van der Waals surface area contributed by atoms with E-state index in [4.69, 9.17) is 4.42 Å². The van der Waals surface area contributed by atoms with Crippen molar-refractivity contribution in [3.63, 3.8) is 0 Å². The SMILES string of the molecule is CC[C@@H](Cn1nc(-c2cccs2)oc1=O)NC(=O)c1cnccn1. The average Bonchev–Trinajstić information content (AvgIpc) is 3.25. The molecule has 3 aromatic heterocycles. The minimum Gasteiger partial charge on any atom is -0.387 e. The highest BCUT2D eigenvalue weighted by atomic mass is 32.1. The van der Waals surface area contributed by atoms with Crippen LogP contribution in [0.3, 0.4) is 0 Å². The summed E-state index contributed by atoms with van der Waals surface area (Å²) in [6.45, 7) is 2.13. The fourth-order valence-electron chi connectivity index (χ4n) is 2.08. The van der Waals surface area contributed by atoms with Gasteiger partial charge in [-0.1, -0.05) is 13.0 Å². The molecule has 0 saturated heterocycles.